The topological polar surface area (TPSA) is 131 Å². The monoisotopic (exact) mass is 244 g/mol. The van der Waals surface area contributed by atoms with Gasteiger partial charge in [0.1, 0.15) is 6.04 Å². The summed E-state index contributed by atoms with van der Waals surface area (Å²) in [6.45, 7) is 2.28. The van der Waals surface area contributed by atoms with E-state index in [1.165, 1.54) is 0 Å². The van der Waals surface area contributed by atoms with E-state index in [0.717, 1.165) is 0 Å². The van der Waals surface area contributed by atoms with Crippen molar-refractivity contribution in [2.75, 3.05) is 6.54 Å². The van der Waals surface area contributed by atoms with Crippen molar-refractivity contribution in [2.45, 2.75) is 38.6 Å². The minimum Gasteiger partial charge on any atom is -0.392 e. The van der Waals surface area contributed by atoms with Gasteiger partial charge in [-0.25, -0.2) is 4.79 Å². The Bertz CT molecular complexity index is 281. The Morgan fingerprint density at radius 1 is 1.47 bits per heavy atom. The first-order chi connectivity index (χ1) is 7.97. The SMILES string of the molecule is CCCC(=O)OC(=O)C(N)CCCNC(=N)N. The quantitative estimate of drug-likeness (QED) is 0.156. The molecule has 0 radical (unpaired) electrons. The molecule has 0 saturated heterocycles. The highest BCUT2D eigenvalue weighted by Gasteiger charge is 2.17. The summed E-state index contributed by atoms with van der Waals surface area (Å²) in [5.74, 6) is -1.37. The van der Waals surface area contributed by atoms with Gasteiger partial charge in [-0.3, -0.25) is 10.2 Å². The molecule has 1 unspecified atom stereocenters. The number of nitrogens with two attached hydrogens (primary N) is 2. The summed E-state index contributed by atoms with van der Waals surface area (Å²) in [5.41, 5.74) is 10.6. The number of carbonyl (C=O) groups is 2. The second kappa shape index (κ2) is 8.51. The number of guanidine groups is 1. The highest BCUT2D eigenvalue weighted by Crippen LogP contribution is 1.99. The first kappa shape index (κ1) is 15.4. The van der Waals surface area contributed by atoms with Gasteiger partial charge < -0.3 is 21.5 Å². The molecule has 17 heavy (non-hydrogen) atoms. The van der Waals surface area contributed by atoms with Crippen molar-refractivity contribution < 1.29 is 14.3 Å². The molecule has 0 bridgehead atoms. The number of hydrogen-bond donors (Lipinski definition) is 4. The fourth-order valence-electron chi connectivity index (χ4n) is 1.11. The molecule has 0 aliphatic carbocycles. The lowest BCUT2D eigenvalue weighted by molar-refractivity contribution is -0.160. The van der Waals surface area contributed by atoms with Crippen LogP contribution in [0.5, 0.6) is 0 Å². The van der Waals surface area contributed by atoms with Crippen molar-refractivity contribution in [3.05, 3.63) is 0 Å². The molecular weight excluding hydrogens is 224 g/mol. The predicted molar refractivity (Wildman–Crippen MR) is 63.1 cm³/mol. The van der Waals surface area contributed by atoms with Gasteiger partial charge in [-0.1, -0.05) is 6.92 Å². The average Bonchev–Trinajstić information content (AvgIpc) is 2.23. The maximum atomic E-state index is 11.3. The molecule has 0 aliphatic heterocycles. The Morgan fingerprint density at radius 3 is 2.65 bits per heavy atom. The van der Waals surface area contributed by atoms with Crippen LogP contribution in [-0.4, -0.2) is 30.5 Å². The minimum atomic E-state index is -0.815. The van der Waals surface area contributed by atoms with E-state index in [1.54, 1.807) is 0 Å². The Kier molecular flexibility index (Phi) is 7.70. The molecule has 0 spiro atoms. The van der Waals surface area contributed by atoms with Gasteiger partial charge in [0.05, 0.1) is 0 Å². The van der Waals surface area contributed by atoms with Gasteiger partial charge in [0, 0.05) is 13.0 Å². The van der Waals surface area contributed by atoms with Gasteiger partial charge in [-0.05, 0) is 19.3 Å². The molecule has 7 nitrogen and oxygen atoms in total. The molecule has 0 aromatic heterocycles. The number of hydrogen-bond acceptors (Lipinski definition) is 5. The van der Waals surface area contributed by atoms with Gasteiger partial charge in [-0.2, -0.15) is 0 Å². The number of esters is 2. The molecule has 0 aromatic rings. The number of carbonyl (C=O) groups excluding carboxylic acids is 2. The standard InChI is InChI=1S/C10H20N4O3/c1-2-4-8(15)17-9(16)7(11)5-3-6-14-10(12)13/h7H,2-6,11H2,1H3,(H4,12,13,14). The van der Waals surface area contributed by atoms with Crippen molar-refractivity contribution in [1.29, 1.82) is 5.41 Å². The van der Waals surface area contributed by atoms with Crippen molar-refractivity contribution in [3.8, 4) is 0 Å². The van der Waals surface area contributed by atoms with E-state index < -0.39 is 18.0 Å². The van der Waals surface area contributed by atoms with Crippen LogP contribution in [0, 0.1) is 5.41 Å². The first-order valence-electron chi connectivity index (χ1n) is 5.55. The average molecular weight is 244 g/mol. The Morgan fingerprint density at radius 2 is 2.12 bits per heavy atom. The maximum Gasteiger partial charge on any atom is 0.330 e. The molecule has 0 aliphatic rings. The van der Waals surface area contributed by atoms with Crippen LogP contribution in [0.25, 0.3) is 0 Å². The summed E-state index contributed by atoms with van der Waals surface area (Å²) in [5, 5.41) is 9.49. The van der Waals surface area contributed by atoms with Gasteiger partial charge in [0.2, 0.25) is 0 Å². The molecule has 1 atom stereocenters. The Balaban J connectivity index is 3.74. The van der Waals surface area contributed by atoms with Crippen LogP contribution in [0.1, 0.15) is 32.6 Å². The van der Waals surface area contributed by atoms with Gasteiger partial charge in [0.25, 0.3) is 0 Å². The Hall–Kier alpha value is -1.63. The first-order valence-corrected chi connectivity index (χ1v) is 5.55. The summed E-state index contributed by atoms with van der Waals surface area (Å²) < 4.78 is 4.54. The zero-order valence-electron chi connectivity index (χ0n) is 9.99. The van der Waals surface area contributed by atoms with Crippen LogP contribution in [0.3, 0.4) is 0 Å². The second-order valence-electron chi connectivity index (χ2n) is 3.63. The highest BCUT2D eigenvalue weighted by molar-refractivity contribution is 5.88. The summed E-state index contributed by atoms with van der Waals surface area (Å²) in [4.78, 5) is 22.3. The molecule has 0 saturated carbocycles. The number of rotatable bonds is 7. The van der Waals surface area contributed by atoms with Crippen LogP contribution in [0.2, 0.25) is 0 Å². The summed E-state index contributed by atoms with van der Waals surface area (Å²) in [6, 6.07) is -0.815. The molecule has 0 fully saturated rings. The van der Waals surface area contributed by atoms with Crippen LogP contribution < -0.4 is 16.8 Å². The van der Waals surface area contributed by atoms with Crippen molar-refractivity contribution in [3.63, 3.8) is 0 Å². The number of ether oxygens (including phenoxy) is 1. The number of nitrogens with one attached hydrogen (secondary N) is 2. The third kappa shape index (κ3) is 8.21. The van der Waals surface area contributed by atoms with Crippen molar-refractivity contribution in [1.82, 2.24) is 5.32 Å². The van der Waals surface area contributed by atoms with Crippen LogP contribution in [0.4, 0.5) is 0 Å². The van der Waals surface area contributed by atoms with E-state index in [0.29, 0.717) is 25.8 Å². The van der Waals surface area contributed by atoms with Crippen molar-refractivity contribution >= 4 is 17.9 Å². The normalized spacial score (nSPS) is 11.6. The van der Waals surface area contributed by atoms with Crippen LogP contribution >= 0.6 is 0 Å². The highest BCUT2D eigenvalue weighted by atomic mass is 16.6. The maximum absolute atomic E-state index is 11.3. The lowest BCUT2D eigenvalue weighted by Crippen LogP contribution is -2.36. The van der Waals surface area contributed by atoms with E-state index in [2.05, 4.69) is 10.1 Å². The second-order valence-corrected chi connectivity index (χ2v) is 3.63. The smallest absolute Gasteiger partial charge is 0.330 e. The zero-order chi connectivity index (χ0) is 13.3. The molecule has 0 rings (SSSR count). The van der Waals surface area contributed by atoms with Crippen LogP contribution in [-0.2, 0) is 14.3 Å². The lowest BCUT2D eigenvalue weighted by Gasteiger charge is -2.10. The third-order valence-electron chi connectivity index (χ3n) is 1.98. The molecular formula is C10H20N4O3. The molecule has 7 heteroatoms. The third-order valence-corrected chi connectivity index (χ3v) is 1.98. The van der Waals surface area contributed by atoms with E-state index in [9.17, 15) is 9.59 Å². The van der Waals surface area contributed by atoms with E-state index >= 15 is 0 Å². The van der Waals surface area contributed by atoms with Gasteiger partial charge in [0.15, 0.2) is 5.96 Å². The Labute approximate surface area is 100 Å². The predicted octanol–water partition coefficient (Wildman–Crippen LogP) is -0.553. The lowest BCUT2D eigenvalue weighted by atomic mass is 10.2. The summed E-state index contributed by atoms with van der Waals surface area (Å²) in [7, 11) is 0. The molecule has 0 aromatic carbocycles. The summed E-state index contributed by atoms with van der Waals surface area (Å²) >= 11 is 0. The van der Waals surface area contributed by atoms with E-state index in [4.69, 9.17) is 16.9 Å². The minimum absolute atomic E-state index is 0.126. The van der Waals surface area contributed by atoms with Crippen LogP contribution in [0.15, 0.2) is 0 Å². The summed E-state index contributed by atoms with van der Waals surface area (Å²) in [6.07, 6.45) is 1.78. The molecule has 0 amide bonds. The fraction of sp³-hybridized carbons (Fsp3) is 0.700. The molecule has 98 valence electrons. The zero-order valence-corrected chi connectivity index (χ0v) is 9.99. The van der Waals surface area contributed by atoms with E-state index in [1.807, 2.05) is 6.92 Å². The van der Waals surface area contributed by atoms with Crippen molar-refractivity contribution in [2.24, 2.45) is 11.5 Å². The largest absolute Gasteiger partial charge is 0.392 e. The van der Waals surface area contributed by atoms with Gasteiger partial charge in [-0.15, -0.1) is 0 Å². The molecule has 6 N–H and O–H groups in total. The van der Waals surface area contributed by atoms with Gasteiger partial charge >= 0.3 is 11.9 Å². The molecule has 0 heterocycles. The van der Waals surface area contributed by atoms with E-state index in [-0.39, 0.29) is 12.4 Å². The fourth-order valence-corrected chi connectivity index (χ4v) is 1.11.